The monoisotopic (exact) mass is 382 g/mol. The summed E-state index contributed by atoms with van der Waals surface area (Å²) >= 11 is 0. The average Bonchev–Trinajstić information content (AvgIpc) is 3.10. The zero-order valence-corrected chi connectivity index (χ0v) is 16.8. The normalized spacial score (nSPS) is 17.9. The van der Waals surface area contributed by atoms with Crippen LogP contribution in [0.15, 0.2) is 29.7 Å². The predicted molar refractivity (Wildman–Crippen MR) is 109 cm³/mol. The Morgan fingerprint density at radius 2 is 2.04 bits per heavy atom. The zero-order valence-electron chi connectivity index (χ0n) is 16.8. The SMILES string of the molecule is Cn1ccnc(N2CCCC(Nc3ncnc4c3cnn4C(C)(C)C)C2)c1=O. The standard InChI is InChI=1S/C19H26N8O/c1-19(2,3)27-16-14(10-23-27)15(21-12-22-16)24-13-6-5-8-26(11-13)17-18(28)25(4)9-7-20-17/h7,9-10,12-13H,5-6,8,11H2,1-4H3,(H,21,22,24). The molecule has 28 heavy (non-hydrogen) atoms. The van der Waals surface area contributed by atoms with Gasteiger partial charge in [0, 0.05) is 38.6 Å². The molecule has 148 valence electrons. The van der Waals surface area contributed by atoms with Gasteiger partial charge in [0.25, 0.3) is 5.56 Å². The first-order valence-electron chi connectivity index (χ1n) is 9.57. The molecule has 1 fully saturated rings. The lowest BCUT2D eigenvalue weighted by molar-refractivity contribution is 0.366. The molecule has 1 aliphatic heterocycles. The third-order valence-corrected chi connectivity index (χ3v) is 5.06. The fourth-order valence-electron chi connectivity index (χ4n) is 3.63. The van der Waals surface area contributed by atoms with E-state index in [1.165, 1.54) is 0 Å². The van der Waals surface area contributed by atoms with Gasteiger partial charge in [-0.05, 0) is 33.6 Å². The number of aromatic nitrogens is 6. The Kier molecular flexibility index (Phi) is 4.52. The molecule has 0 aromatic carbocycles. The molecule has 1 atom stereocenters. The Balaban J connectivity index is 1.59. The Hall–Kier alpha value is -2.97. The number of aryl methyl sites for hydroxylation is 1. The number of nitrogens with one attached hydrogen (secondary N) is 1. The zero-order chi connectivity index (χ0) is 19.9. The van der Waals surface area contributed by atoms with Crippen LogP contribution in [0.5, 0.6) is 0 Å². The van der Waals surface area contributed by atoms with Crippen LogP contribution in [0.25, 0.3) is 11.0 Å². The molecule has 3 aromatic heterocycles. The molecule has 4 rings (SSSR count). The third-order valence-electron chi connectivity index (χ3n) is 5.06. The fourth-order valence-corrected chi connectivity index (χ4v) is 3.63. The first-order valence-corrected chi connectivity index (χ1v) is 9.57. The van der Waals surface area contributed by atoms with E-state index < -0.39 is 0 Å². The van der Waals surface area contributed by atoms with Gasteiger partial charge in [-0.3, -0.25) is 4.79 Å². The van der Waals surface area contributed by atoms with Crippen LogP contribution in [-0.4, -0.2) is 48.4 Å². The van der Waals surface area contributed by atoms with Crippen LogP contribution in [0.3, 0.4) is 0 Å². The number of hydrogen-bond acceptors (Lipinski definition) is 7. The quantitative estimate of drug-likeness (QED) is 0.737. The van der Waals surface area contributed by atoms with Gasteiger partial charge in [0.15, 0.2) is 11.5 Å². The van der Waals surface area contributed by atoms with E-state index in [2.05, 4.69) is 51.0 Å². The number of piperidine rings is 1. The molecule has 1 saturated heterocycles. The summed E-state index contributed by atoms with van der Waals surface area (Å²) in [6, 6.07) is 0.163. The van der Waals surface area contributed by atoms with E-state index in [-0.39, 0.29) is 17.1 Å². The second kappa shape index (κ2) is 6.88. The molecule has 0 saturated carbocycles. The number of nitrogens with zero attached hydrogens (tertiary/aromatic N) is 7. The van der Waals surface area contributed by atoms with Crippen LogP contribution in [-0.2, 0) is 12.6 Å². The van der Waals surface area contributed by atoms with Gasteiger partial charge in [-0.2, -0.15) is 5.10 Å². The number of hydrogen-bond donors (Lipinski definition) is 1. The molecule has 3 aromatic rings. The van der Waals surface area contributed by atoms with Crippen LogP contribution in [0.1, 0.15) is 33.6 Å². The van der Waals surface area contributed by atoms with Gasteiger partial charge in [-0.15, -0.1) is 0 Å². The highest BCUT2D eigenvalue weighted by atomic mass is 16.1. The summed E-state index contributed by atoms with van der Waals surface area (Å²) in [6.07, 6.45) is 8.72. The average molecular weight is 382 g/mol. The van der Waals surface area contributed by atoms with Gasteiger partial charge in [0.1, 0.15) is 12.1 Å². The van der Waals surface area contributed by atoms with Crippen molar-refractivity contribution in [3.8, 4) is 0 Å². The minimum atomic E-state index is -0.159. The van der Waals surface area contributed by atoms with E-state index in [9.17, 15) is 4.79 Å². The summed E-state index contributed by atoms with van der Waals surface area (Å²) in [5.74, 6) is 1.28. The van der Waals surface area contributed by atoms with Gasteiger partial charge >= 0.3 is 0 Å². The second-order valence-corrected chi connectivity index (χ2v) is 8.28. The Labute approximate surface area is 163 Å². The van der Waals surface area contributed by atoms with Crippen molar-refractivity contribution < 1.29 is 0 Å². The van der Waals surface area contributed by atoms with Crippen LogP contribution in [0, 0.1) is 0 Å². The summed E-state index contributed by atoms with van der Waals surface area (Å²) in [5.41, 5.74) is 0.587. The maximum absolute atomic E-state index is 12.4. The fraction of sp³-hybridized carbons (Fsp3) is 0.526. The minimum absolute atomic E-state index is 0.0703. The van der Waals surface area contributed by atoms with E-state index in [1.807, 2.05) is 10.9 Å². The summed E-state index contributed by atoms with van der Waals surface area (Å²) in [6.45, 7) is 7.82. The predicted octanol–water partition coefficient (Wildman–Crippen LogP) is 1.76. The molecule has 4 heterocycles. The molecule has 9 nitrogen and oxygen atoms in total. The van der Waals surface area contributed by atoms with Crippen LogP contribution >= 0.6 is 0 Å². The van der Waals surface area contributed by atoms with Gasteiger partial charge in [-0.25, -0.2) is 19.6 Å². The number of fused-ring (bicyclic) bond motifs is 1. The topological polar surface area (TPSA) is 93.8 Å². The molecule has 1 N–H and O–H groups in total. The van der Waals surface area contributed by atoms with Crippen molar-refractivity contribution in [1.29, 1.82) is 0 Å². The maximum Gasteiger partial charge on any atom is 0.293 e. The van der Waals surface area contributed by atoms with Crippen molar-refractivity contribution in [2.45, 2.75) is 45.2 Å². The Bertz CT molecular complexity index is 1050. The summed E-state index contributed by atoms with van der Waals surface area (Å²) in [7, 11) is 1.75. The van der Waals surface area contributed by atoms with Gasteiger partial charge in [0.2, 0.25) is 0 Å². The molecular formula is C19H26N8O. The van der Waals surface area contributed by atoms with Crippen molar-refractivity contribution in [3.05, 3.63) is 35.3 Å². The second-order valence-electron chi connectivity index (χ2n) is 8.28. The smallest absolute Gasteiger partial charge is 0.293 e. The molecule has 0 radical (unpaired) electrons. The highest BCUT2D eigenvalue weighted by molar-refractivity contribution is 5.86. The van der Waals surface area contributed by atoms with Gasteiger partial charge in [-0.1, -0.05) is 0 Å². The minimum Gasteiger partial charge on any atom is -0.365 e. The maximum atomic E-state index is 12.4. The molecule has 9 heteroatoms. The first kappa shape index (κ1) is 18.4. The third kappa shape index (κ3) is 3.32. The van der Waals surface area contributed by atoms with E-state index >= 15 is 0 Å². The molecule has 0 spiro atoms. The van der Waals surface area contributed by atoms with Gasteiger partial charge in [0.05, 0.1) is 17.1 Å². The first-order chi connectivity index (χ1) is 13.3. The van der Waals surface area contributed by atoms with E-state index in [0.29, 0.717) is 12.4 Å². The molecular weight excluding hydrogens is 356 g/mol. The lowest BCUT2D eigenvalue weighted by Crippen LogP contribution is -2.45. The molecule has 0 aliphatic carbocycles. The molecule has 0 bridgehead atoms. The van der Waals surface area contributed by atoms with Crippen molar-refractivity contribution in [1.82, 2.24) is 29.3 Å². The Morgan fingerprint density at radius 1 is 1.21 bits per heavy atom. The van der Waals surface area contributed by atoms with Crippen molar-refractivity contribution in [2.75, 3.05) is 23.3 Å². The highest BCUT2D eigenvalue weighted by Gasteiger charge is 2.25. The molecule has 0 amide bonds. The molecule has 1 unspecified atom stereocenters. The van der Waals surface area contributed by atoms with Crippen LogP contribution in [0.4, 0.5) is 11.6 Å². The summed E-state index contributed by atoms with van der Waals surface area (Å²) < 4.78 is 3.48. The van der Waals surface area contributed by atoms with Crippen molar-refractivity contribution >= 4 is 22.7 Å². The number of rotatable bonds is 3. The van der Waals surface area contributed by atoms with Crippen LogP contribution in [0.2, 0.25) is 0 Å². The Morgan fingerprint density at radius 3 is 2.82 bits per heavy atom. The lowest BCUT2D eigenvalue weighted by atomic mass is 10.1. The van der Waals surface area contributed by atoms with Gasteiger partial charge < -0.3 is 14.8 Å². The highest BCUT2D eigenvalue weighted by Crippen LogP contribution is 2.26. The van der Waals surface area contributed by atoms with Crippen molar-refractivity contribution in [3.63, 3.8) is 0 Å². The summed E-state index contributed by atoms with van der Waals surface area (Å²) in [5, 5.41) is 8.96. The van der Waals surface area contributed by atoms with E-state index in [0.717, 1.165) is 36.2 Å². The largest absolute Gasteiger partial charge is 0.365 e. The van der Waals surface area contributed by atoms with E-state index in [4.69, 9.17) is 0 Å². The van der Waals surface area contributed by atoms with Crippen LogP contribution < -0.4 is 15.8 Å². The number of anilines is 2. The van der Waals surface area contributed by atoms with E-state index in [1.54, 1.807) is 30.3 Å². The molecule has 1 aliphatic rings. The lowest BCUT2D eigenvalue weighted by Gasteiger charge is -2.33. The summed E-state index contributed by atoms with van der Waals surface area (Å²) in [4.78, 5) is 27.7. The van der Waals surface area contributed by atoms with Crippen molar-refractivity contribution in [2.24, 2.45) is 7.05 Å².